The third-order valence-corrected chi connectivity index (χ3v) is 3.90. The molecule has 0 spiro atoms. The number of anilines is 1. The van der Waals surface area contributed by atoms with Crippen molar-refractivity contribution in [3.05, 3.63) is 40.5 Å². The van der Waals surface area contributed by atoms with E-state index in [0.717, 1.165) is 6.54 Å². The zero-order valence-corrected chi connectivity index (χ0v) is 11.2. The minimum atomic E-state index is 0.0454. The maximum absolute atomic E-state index is 8.64. The minimum absolute atomic E-state index is 0.0454. The Morgan fingerprint density at radius 2 is 2.22 bits per heavy atom. The summed E-state index contributed by atoms with van der Waals surface area (Å²) in [5.41, 5.74) is 0.377. The fourth-order valence-corrected chi connectivity index (χ4v) is 2.39. The standard InChI is InChI=1S/C13H14N4S/c1-13(2,11-4-3-5-18-11)9-17-12-8-15-10(6-14)7-16-12/h3-5,7-8H,9H2,1-2H3,(H,16,17). The maximum Gasteiger partial charge on any atom is 0.158 e. The van der Waals surface area contributed by atoms with E-state index in [9.17, 15) is 0 Å². The Morgan fingerprint density at radius 3 is 2.78 bits per heavy atom. The van der Waals surface area contributed by atoms with Crippen molar-refractivity contribution in [3.63, 3.8) is 0 Å². The second-order valence-electron chi connectivity index (χ2n) is 4.61. The number of rotatable bonds is 4. The van der Waals surface area contributed by atoms with Gasteiger partial charge in [-0.15, -0.1) is 11.3 Å². The van der Waals surface area contributed by atoms with Crippen molar-refractivity contribution in [1.29, 1.82) is 5.26 Å². The molecule has 0 atom stereocenters. The van der Waals surface area contributed by atoms with E-state index in [0.29, 0.717) is 11.5 Å². The van der Waals surface area contributed by atoms with Crippen molar-refractivity contribution in [3.8, 4) is 6.07 Å². The molecule has 0 saturated carbocycles. The van der Waals surface area contributed by atoms with Crippen LogP contribution in [0, 0.1) is 11.3 Å². The maximum atomic E-state index is 8.64. The van der Waals surface area contributed by atoms with Crippen molar-refractivity contribution in [2.75, 3.05) is 11.9 Å². The quantitative estimate of drug-likeness (QED) is 0.916. The summed E-state index contributed by atoms with van der Waals surface area (Å²) in [7, 11) is 0. The third-order valence-electron chi connectivity index (χ3n) is 2.67. The first-order valence-corrected chi connectivity index (χ1v) is 6.50. The highest BCUT2D eigenvalue weighted by Gasteiger charge is 2.21. The number of hydrogen-bond acceptors (Lipinski definition) is 5. The zero-order valence-electron chi connectivity index (χ0n) is 10.3. The van der Waals surface area contributed by atoms with Gasteiger partial charge in [0.1, 0.15) is 11.9 Å². The molecular weight excluding hydrogens is 244 g/mol. The van der Waals surface area contributed by atoms with Crippen molar-refractivity contribution in [2.45, 2.75) is 19.3 Å². The van der Waals surface area contributed by atoms with Crippen LogP contribution < -0.4 is 5.32 Å². The molecule has 1 N–H and O–H groups in total. The van der Waals surface area contributed by atoms with Gasteiger partial charge in [-0.2, -0.15) is 5.26 Å². The second kappa shape index (κ2) is 5.15. The smallest absolute Gasteiger partial charge is 0.158 e. The van der Waals surface area contributed by atoms with Gasteiger partial charge in [-0.1, -0.05) is 19.9 Å². The molecule has 2 aromatic heterocycles. The lowest BCUT2D eigenvalue weighted by molar-refractivity contribution is 0.568. The van der Waals surface area contributed by atoms with Crippen molar-refractivity contribution < 1.29 is 0 Å². The normalized spacial score (nSPS) is 10.9. The highest BCUT2D eigenvalue weighted by atomic mass is 32.1. The van der Waals surface area contributed by atoms with E-state index in [1.54, 1.807) is 17.5 Å². The summed E-state index contributed by atoms with van der Waals surface area (Å²) < 4.78 is 0. The van der Waals surface area contributed by atoms with Gasteiger partial charge in [-0.05, 0) is 11.4 Å². The molecule has 0 aliphatic rings. The number of nitriles is 1. The third kappa shape index (κ3) is 2.84. The van der Waals surface area contributed by atoms with Crippen LogP contribution >= 0.6 is 11.3 Å². The average molecular weight is 258 g/mol. The molecule has 0 aliphatic carbocycles. The second-order valence-corrected chi connectivity index (χ2v) is 5.56. The molecule has 2 aromatic rings. The Hall–Kier alpha value is -1.93. The van der Waals surface area contributed by atoms with Crippen LogP contribution in [-0.2, 0) is 5.41 Å². The summed E-state index contributed by atoms with van der Waals surface area (Å²) in [5, 5.41) is 14.0. The van der Waals surface area contributed by atoms with Crippen LogP contribution in [0.3, 0.4) is 0 Å². The largest absolute Gasteiger partial charge is 0.368 e. The van der Waals surface area contributed by atoms with Gasteiger partial charge in [0.15, 0.2) is 5.69 Å². The molecule has 5 heteroatoms. The molecule has 0 aromatic carbocycles. The molecule has 0 bridgehead atoms. The van der Waals surface area contributed by atoms with Gasteiger partial charge in [0.05, 0.1) is 12.4 Å². The van der Waals surface area contributed by atoms with Crippen LogP contribution in [0.5, 0.6) is 0 Å². The summed E-state index contributed by atoms with van der Waals surface area (Å²) in [5.74, 6) is 0.693. The molecule has 92 valence electrons. The predicted molar refractivity (Wildman–Crippen MR) is 72.6 cm³/mol. The van der Waals surface area contributed by atoms with Crippen LogP contribution in [-0.4, -0.2) is 16.5 Å². The number of aromatic nitrogens is 2. The number of nitrogens with zero attached hydrogens (tertiary/aromatic N) is 3. The van der Waals surface area contributed by atoms with E-state index in [-0.39, 0.29) is 5.41 Å². The Balaban J connectivity index is 2.01. The van der Waals surface area contributed by atoms with Crippen molar-refractivity contribution in [2.24, 2.45) is 0 Å². The Morgan fingerprint density at radius 1 is 1.39 bits per heavy atom. The van der Waals surface area contributed by atoms with Gasteiger partial charge >= 0.3 is 0 Å². The van der Waals surface area contributed by atoms with Gasteiger partial charge in [0.2, 0.25) is 0 Å². The minimum Gasteiger partial charge on any atom is -0.368 e. The first-order chi connectivity index (χ1) is 8.62. The van der Waals surface area contributed by atoms with Gasteiger partial charge < -0.3 is 5.32 Å². The molecule has 2 heterocycles. The summed E-state index contributed by atoms with van der Waals surface area (Å²) in [6.07, 6.45) is 3.06. The number of hydrogen-bond donors (Lipinski definition) is 1. The lowest BCUT2D eigenvalue weighted by atomic mass is 9.91. The fraction of sp³-hybridized carbons (Fsp3) is 0.308. The Kier molecular flexibility index (Phi) is 3.58. The van der Waals surface area contributed by atoms with Gasteiger partial charge in [-0.25, -0.2) is 9.97 Å². The average Bonchev–Trinajstić information content (AvgIpc) is 2.92. The lowest BCUT2D eigenvalue weighted by Gasteiger charge is -2.23. The first-order valence-electron chi connectivity index (χ1n) is 5.62. The molecule has 0 unspecified atom stereocenters. The van der Waals surface area contributed by atoms with E-state index in [2.05, 4.69) is 46.6 Å². The van der Waals surface area contributed by atoms with Crippen LogP contribution in [0.2, 0.25) is 0 Å². The Bertz CT molecular complexity index is 537. The first kappa shape index (κ1) is 12.5. The van der Waals surface area contributed by atoms with E-state index in [4.69, 9.17) is 5.26 Å². The fourth-order valence-electron chi connectivity index (χ4n) is 1.54. The predicted octanol–water partition coefficient (Wildman–Crippen LogP) is 2.80. The number of nitrogens with one attached hydrogen (secondary N) is 1. The molecule has 0 fully saturated rings. The molecule has 2 rings (SSSR count). The van der Waals surface area contributed by atoms with Crippen molar-refractivity contribution in [1.82, 2.24) is 9.97 Å². The van der Waals surface area contributed by atoms with Crippen LogP contribution in [0.15, 0.2) is 29.9 Å². The highest BCUT2D eigenvalue weighted by Crippen LogP contribution is 2.27. The van der Waals surface area contributed by atoms with Gasteiger partial charge in [0.25, 0.3) is 0 Å². The topological polar surface area (TPSA) is 61.6 Å². The van der Waals surface area contributed by atoms with Crippen LogP contribution in [0.1, 0.15) is 24.4 Å². The van der Waals surface area contributed by atoms with Crippen LogP contribution in [0.4, 0.5) is 5.82 Å². The summed E-state index contributed by atoms with van der Waals surface area (Å²) in [6, 6.07) is 6.14. The van der Waals surface area contributed by atoms with Gasteiger partial charge in [-0.3, -0.25) is 0 Å². The SMILES string of the molecule is CC(C)(CNc1cnc(C#N)cn1)c1cccs1. The van der Waals surface area contributed by atoms with E-state index < -0.39 is 0 Å². The van der Waals surface area contributed by atoms with E-state index in [1.165, 1.54) is 11.1 Å². The summed E-state index contributed by atoms with van der Waals surface area (Å²) in [6.45, 7) is 5.14. The summed E-state index contributed by atoms with van der Waals surface area (Å²) in [4.78, 5) is 9.45. The summed E-state index contributed by atoms with van der Waals surface area (Å²) >= 11 is 1.75. The zero-order chi connectivity index (χ0) is 13.0. The molecule has 0 saturated heterocycles. The highest BCUT2D eigenvalue weighted by molar-refractivity contribution is 7.10. The van der Waals surface area contributed by atoms with E-state index >= 15 is 0 Å². The molecule has 0 radical (unpaired) electrons. The van der Waals surface area contributed by atoms with Gasteiger partial charge in [0, 0.05) is 16.8 Å². The molecule has 0 aliphatic heterocycles. The van der Waals surface area contributed by atoms with Crippen LogP contribution in [0.25, 0.3) is 0 Å². The monoisotopic (exact) mass is 258 g/mol. The van der Waals surface area contributed by atoms with E-state index in [1.807, 2.05) is 6.07 Å². The molecule has 4 nitrogen and oxygen atoms in total. The molecule has 0 amide bonds. The lowest BCUT2D eigenvalue weighted by Crippen LogP contribution is -2.26. The molecule has 18 heavy (non-hydrogen) atoms. The van der Waals surface area contributed by atoms with Crippen molar-refractivity contribution >= 4 is 17.2 Å². The Labute approximate surface area is 110 Å². The number of thiophene rings is 1. The molecular formula is C13H14N4S.